The molecule has 1 aliphatic heterocycles. The predicted molar refractivity (Wildman–Crippen MR) is 64.3 cm³/mol. The van der Waals surface area contributed by atoms with Gasteiger partial charge in [-0.2, -0.15) is 0 Å². The third-order valence-corrected chi connectivity index (χ3v) is 3.57. The topological polar surface area (TPSA) is 29.5 Å². The van der Waals surface area contributed by atoms with Crippen LogP contribution in [0.15, 0.2) is 30.3 Å². The smallest absolute Gasteiger partial charge is 0.0673 e. The van der Waals surface area contributed by atoms with Gasteiger partial charge in [0, 0.05) is 12.5 Å². The average molecular weight is 220 g/mol. The van der Waals surface area contributed by atoms with E-state index in [0.717, 1.165) is 25.9 Å². The molecule has 16 heavy (non-hydrogen) atoms. The van der Waals surface area contributed by atoms with Gasteiger partial charge in [0.05, 0.1) is 12.2 Å². The fourth-order valence-electron chi connectivity index (χ4n) is 2.27. The highest BCUT2D eigenvalue weighted by Crippen LogP contribution is 2.29. The molecule has 2 unspecified atom stereocenters. The monoisotopic (exact) mass is 220 g/mol. The van der Waals surface area contributed by atoms with Crippen molar-refractivity contribution in [2.45, 2.75) is 31.8 Å². The summed E-state index contributed by atoms with van der Waals surface area (Å²) in [6, 6.07) is 10.3. The molecule has 1 N–H and O–H groups in total. The van der Waals surface area contributed by atoms with E-state index in [-0.39, 0.29) is 0 Å². The van der Waals surface area contributed by atoms with Crippen LogP contribution in [-0.4, -0.2) is 23.9 Å². The van der Waals surface area contributed by atoms with Gasteiger partial charge in [-0.3, -0.25) is 0 Å². The fourth-order valence-corrected chi connectivity index (χ4v) is 2.27. The van der Waals surface area contributed by atoms with Crippen molar-refractivity contribution in [2.24, 2.45) is 5.92 Å². The summed E-state index contributed by atoms with van der Waals surface area (Å²) in [5.74, 6) is 0.302. The molecular formula is C14H20O2. The molecule has 1 saturated heterocycles. The number of rotatable bonds is 4. The minimum Gasteiger partial charge on any atom is -0.390 e. The summed E-state index contributed by atoms with van der Waals surface area (Å²) in [5.41, 5.74) is 0.702. The van der Waals surface area contributed by atoms with E-state index in [9.17, 15) is 5.11 Å². The van der Waals surface area contributed by atoms with Crippen molar-refractivity contribution in [3.63, 3.8) is 0 Å². The van der Waals surface area contributed by atoms with Crippen molar-refractivity contribution in [3.05, 3.63) is 35.9 Å². The van der Waals surface area contributed by atoms with Gasteiger partial charge in [0.1, 0.15) is 0 Å². The van der Waals surface area contributed by atoms with Crippen LogP contribution in [0.5, 0.6) is 0 Å². The van der Waals surface area contributed by atoms with E-state index in [1.54, 1.807) is 0 Å². The molecule has 1 fully saturated rings. The lowest BCUT2D eigenvalue weighted by atomic mass is 9.84. The van der Waals surface area contributed by atoms with Gasteiger partial charge < -0.3 is 9.84 Å². The van der Waals surface area contributed by atoms with Gasteiger partial charge in [-0.1, -0.05) is 30.3 Å². The number of benzene rings is 1. The van der Waals surface area contributed by atoms with Gasteiger partial charge in [0.2, 0.25) is 0 Å². The van der Waals surface area contributed by atoms with Gasteiger partial charge in [-0.25, -0.2) is 0 Å². The highest BCUT2D eigenvalue weighted by atomic mass is 16.5. The fraction of sp³-hybridized carbons (Fsp3) is 0.571. The van der Waals surface area contributed by atoms with Crippen LogP contribution in [0.2, 0.25) is 0 Å². The quantitative estimate of drug-likeness (QED) is 0.844. The molecule has 2 rings (SSSR count). The zero-order valence-corrected chi connectivity index (χ0v) is 9.86. The summed E-state index contributed by atoms with van der Waals surface area (Å²) in [6.45, 7) is 3.45. The Morgan fingerprint density at radius 1 is 1.38 bits per heavy atom. The van der Waals surface area contributed by atoms with Crippen molar-refractivity contribution in [2.75, 3.05) is 13.2 Å². The molecule has 0 bridgehead atoms. The molecule has 2 nitrogen and oxygen atoms in total. The van der Waals surface area contributed by atoms with Crippen LogP contribution in [-0.2, 0) is 11.2 Å². The molecule has 1 heterocycles. The van der Waals surface area contributed by atoms with E-state index >= 15 is 0 Å². The highest BCUT2D eigenvalue weighted by molar-refractivity contribution is 5.15. The molecule has 0 amide bonds. The molecular weight excluding hydrogens is 200 g/mol. The second-order valence-electron chi connectivity index (χ2n) is 4.90. The summed E-state index contributed by atoms with van der Waals surface area (Å²) in [5, 5.41) is 10.4. The van der Waals surface area contributed by atoms with Crippen molar-refractivity contribution in [1.82, 2.24) is 0 Å². The third kappa shape index (κ3) is 2.83. The number of ether oxygens (including phenoxy) is 1. The second-order valence-corrected chi connectivity index (χ2v) is 4.90. The second kappa shape index (κ2) is 4.98. The lowest BCUT2D eigenvalue weighted by Gasteiger charge is -2.29. The van der Waals surface area contributed by atoms with Gasteiger partial charge in [-0.05, 0) is 31.7 Å². The Kier molecular flexibility index (Phi) is 3.62. The standard InChI is InChI=1S/C14H20O2/c1-14(15,13-8-10-16-11-13)9-7-12-5-3-2-4-6-12/h2-6,13,15H,7-11H2,1H3. The van der Waals surface area contributed by atoms with Gasteiger partial charge >= 0.3 is 0 Å². The number of hydrogen-bond acceptors (Lipinski definition) is 2. The molecule has 0 radical (unpaired) electrons. The van der Waals surface area contributed by atoms with Crippen LogP contribution < -0.4 is 0 Å². The maximum atomic E-state index is 10.4. The SMILES string of the molecule is CC(O)(CCc1ccccc1)C1CCOC1. The van der Waals surface area contributed by atoms with Crippen LogP contribution >= 0.6 is 0 Å². The summed E-state index contributed by atoms with van der Waals surface area (Å²) in [6.07, 6.45) is 2.73. The van der Waals surface area contributed by atoms with E-state index in [0.29, 0.717) is 12.5 Å². The van der Waals surface area contributed by atoms with Crippen LogP contribution in [0.4, 0.5) is 0 Å². The molecule has 0 saturated carbocycles. The minimum atomic E-state index is -0.591. The Balaban J connectivity index is 1.89. The number of hydrogen-bond donors (Lipinski definition) is 1. The van der Waals surface area contributed by atoms with Gasteiger partial charge in [0.25, 0.3) is 0 Å². The molecule has 1 aliphatic rings. The lowest BCUT2D eigenvalue weighted by Crippen LogP contribution is -2.35. The van der Waals surface area contributed by atoms with Crippen molar-refractivity contribution >= 4 is 0 Å². The maximum absolute atomic E-state index is 10.4. The van der Waals surface area contributed by atoms with Crippen molar-refractivity contribution in [1.29, 1.82) is 0 Å². The van der Waals surface area contributed by atoms with Crippen LogP contribution in [0.3, 0.4) is 0 Å². The molecule has 0 spiro atoms. The summed E-state index contributed by atoms with van der Waals surface area (Å²) in [7, 11) is 0. The van der Waals surface area contributed by atoms with Crippen LogP contribution in [0.25, 0.3) is 0 Å². The van der Waals surface area contributed by atoms with Crippen molar-refractivity contribution < 1.29 is 9.84 Å². The Morgan fingerprint density at radius 3 is 2.75 bits per heavy atom. The Morgan fingerprint density at radius 2 is 2.12 bits per heavy atom. The first-order valence-corrected chi connectivity index (χ1v) is 6.02. The van der Waals surface area contributed by atoms with E-state index in [2.05, 4.69) is 12.1 Å². The third-order valence-electron chi connectivity index (χ3n) is 3.57. The first-order chi connectivity index (χ1) is 7.68. The molecule has 2 heteroatoms. The summed E-state index contributed by atoms with van der Waals surface area (Å²) < 4.78 is 5.34. The molecule has 0 aliphatic carbocycles. The maximum Gasteiger partial charge on any atom is 0.0673 e. The highest BCUT2D eigenvalue weighted by Gasteiger charge is 2.34. The van der Waals surface area contributed by atoms with Crippen molar-refractivity contribution in [3.8, 4) is 0 Å². The molecule has 0 aromatic heterocycles. The normalized spacial score (nSPS) is 24.2. The summed E-state index contributed by atoms with van der Waals surface area (Å²) in [4.78, 5) is 0. The largest absolute Gasteiger partial charge is 0.390 e. The molecule has 1 aromatic carbocycles. The average Bonchev–Trinajstić information content (AvgIpc) is 2.82. The first kappa shape index (κ1) is 11.6. The zero-order chi connectivity index (χ0) is 11.4. The summed E-state index contributed by atoms with van der Waals surface area (Å²) >= 11 is 0. The molecule has 2 atom stereocenters. The lowest BCUT2D eigenvalue weighted by molar-refractivity contribution is -0.0119. The Bertz CT molecular complexity index is 313. The van der Waals surface area contributed by atoms with E-state index in [1.165, 1.54) is 5.56 Å². The predicted octanol–water partition coefficient (Wildman–Crippen LogP) is 2.41. The van der Waals surface area contributed by atoms with Crippen LogP contribution in [0.1, 0.15) is 25.3 Å². The zero-order valence-electron chi connectivity index (χ0n) is 9.86. The van der Waals surface area contributed by atoms with Gasteiger partial charge in [0.15, 0.2) is 0 Å². The first-order valence-electron chi connectivity index (χ1n) is 6.02. The number of aryl methyl sites for hydroxylation is 1. The molecule has 88 valence electrons. The van der Waals surface area contributed by atoms with E-state index in [4.69, 9.17) is 4.74 Å². The number of aliphatic hydroxyl groups is 1. The Hall–Kier alpha value is -0.860. The van der Waals surface area contributed by atoms with Gasteiger partial charge in [-0.15, -0.1) is 0 Å². The van der Waals surface area contributed by atoms with E-state index in [1.807, 2.05) is 25.1 Å². The minimum absolute atomic E-state index is 0.302. The Labute approximate surface area is 97.3 Å². The van der Waals surface area contributed by atoms with Crippen LogP contribution in [0, 0.1) is 5.92 Å². The van der Waals surface area contributed by atoms with E-state index < -0.39 is 5.60 Å². The molecule has 1 aromatic rings.